The molecule has 1 aliphatic heterocycles. The monoisotopic (exact) mass is 349 g/mol. The van der Waals surface area contributed by atoms with E-state index < -0.39 is 10.0 Å². The molecule has 0 aromatic heterocycles. The van der Waals surface area contributed by atoms with Crippen molar-refractivity contribution < 1.29 is 22.6 Å². The van der Waals surface area contributed by atoms with Crippen LogP contribution in [-0.4, -0.2) is 28.2 Å². The first-order chi connectivity index (χ1) is 11.6. The minimum atomic E-state index is -3.68. The van der Waals surface area contributed by atoms with Crippen molar-refractivity contribution in [2.24, 2.45) is 0 Å². The second-order valence-electron chi connectivity index (χ2n) is 5.28. The molecule has 0 radical (unpaired) electrons. The normalized spacial score (nSPS) is 13.4. The third-order valence-corrected chi connectivity index (χ3v) is 4.80. The second-order valence-corrected chi connectivity index (χ2v) is 6.97. The largest absolute Gasteiger partial charge is 0.494 e. The smallest absolute Gasteiger partial charge is 0.261 e. The lowest BCUT2D eigenvalue weighted by Crippen LogP contribution is -2.16. The van der Waals surface area contributed by atoms with Gasteiger partial charge < -0.3 is 14.2 Å². The Morgan fingerprint density at radius 1 is 1.04 bits per heavy atom. The van der Waals surface area contributed by atoms with Crippen LogP contribution in [0.15, 0.2) is 47.4 Å². The molecule has 24 heavy (non-hydrogen) atoms. The predicted octanol–water partition coefficient (Wildman–Crippen LogP) is 3.05. The van der Waals surface area contributed by atoms with E-state index in [1.54, 1.807) is 30.3 Å². The first-order valence-electron chi connectivity index (χ1n) is 7.74. The van der Waals surface area contributed by atoms with E-state index in [2.05, 4.69) is 4.72 Å². The molecule has 0 unspecified atom stereocenters. The SMILES string of the molecule is CCCOc1ccc(S(=O)(=O)Nc2ccc3c(c2)OCCO3)cc1. The van der Waals surface area contributed by atoms with Crippen LogP contribution in [-0.2, 0) is 10.0 Å². The van der Waals surface area contributed by atoms with Crippen molar-refractivity contribution in [2.45, 2.75) is 18.2 Å². The minimum Gasteiger partial charge on any atom is -0.494 e. The predicted molar refractivity (Wildman–Crippen MR) is 90.5 cm³/mol. The number of rotatable bonds is 6. The summed E-state index contributed by atoms with van der Waals surface area (Å²) >= 11 is 0. The van der Waals surface area contributed by atoms with Crippen LogP contribution in [0.2, 0.25) is 0 Å². The lowest BCUT2D eigenvalue weighted by molar-refractivity contribution is 0.171. The maximum absolute atomic E-state index is 12.5. The molecule has 0 fully saturated rings. The van der Waals surface area contributed by atoms with Gasteiger partial charge in [0, 0.05) is 6.07 Å². The van der Waals surface area contributed by atoms with Crippen molar-refractivity contribution in [2.75, 3.05) is 24.5 Å². The maximum atomic E-state index is 12.5. The standard InChI is InChI=1S/C17H19NO5S/c1-2-9-21-14-4-6-15(7-5-14)24(19,20)18-13-3-8-16-17(12-13)23-11-10-22-16/h3-8,12,18H,2,9-11H2,1H3. The number of anilines is 1. The Labute approximate surface area is 141 Å². The molecule has 0 amide bonds. The van der Waals surface area contributed by atoms with E-state index in [1.165, 1.54) is 12.1 Å². The van der Waals surface area contributed by atoms with E-state index in [0.717, 1.165) is 6.42 Å². The zero-order chi connectivity index (χ0) is 17.0. The Bertz CT molecular complexity index is 802. The maximum Gasteiger partial charge on any atom is 0.261 e. The van der Waals surface area contributed by atoms with Gasteiger partial charge in [-0.05, 0) is 42.8 Å². The fourth-order valence-electron chi connectivity index (χ4n) is 2.26. The van der Waals surface area contributed by atoms with E-state index in [1.807, 2.05) is 6.92 Å². The molecular weight excluding hydrogens is 330 g/mol. The summed E-state index contributed by atoms with van der Waals surface area (Å²) in [7, 11) is -3.68. The van der Waals surface area contributed by atoms with Crippen LogP contribution in [0.1, 0.15) is 13.3 Å². The third kappa shape index (κ3) is 3.73. The van der Waals surface area contributed by atoms with Gasteiger partial charge in [-0.1, -0.05) is 6.92 Å². The van der Waals surface area contributed by atoms with E-state index in [9.17, 15) is 8.42 Å². The highest BCUT2D eigenvalue weighted by atomic mass is 32.2. The lowest BCUT2D eigenvalue weighted by atomic mass is 10.3. The quantitative estimate of drug-likeness (QED) is 0.868. The van der Waals surface area contributed by atoms with Crippen molar-refractivity contribution in [3.05, 3.63) is 42.5 Å². The summed E-state index contributed by atoms with van der Waals surface area (Å²) < 4.78 is 43.8. The van der Waals surface area contributed by atoms with Gasteiger partial charge in [0.2, 0.25) is 0 Å². The van der Waals surface area contributed by atoms with Crippen LogP contribution < -0.4 is 18.9 Å². The molecule has 128 valence electrons. The van der Waals surface area contributed by atoms with Crippen molar-refractivity contribution >= 4 is 15.7 Å². The summed E-state index contributed by atoms with van der Waals surface area (Å²) in [6.45, 7) is 3.55. The highest BCUT2D eigenvalue weighted by Gasteiger charge is 2.17. The van der Waals surface area contributed by atoms with Gasteiger partial charge in [0.15, 0.2) is 11.5 Å². The summed E-state index contributed by atoms with van der Waals surface area (Å²) in [6, 6.07) is 11.3. The number of ether oxygens (including phenoxy) is 3. The van der Waals surface area contributed by atoms with Gasteiger partial charge in [0.25, 0.3) is 10.0 Å². The van der Waals surface area contributed by atoms with Crippen LogP contribution in [0.25, 0.3) is 0 Å². The molecule has 3 rings (SSSR count). The topological polar surface area (TPSA) is 73.9 Å². The number of benzene rings is 2. The average Bonchev–Trinajstić information content (AvgIpc) is 2.60. The van der Waals surface area contributed by atoms with Gasteiger partial charge in [-0.3, -0.25) is 4.72 Å². The number of hydrogen-bond acceptors (Lipinski definition) is 5. The zero-order valence-electron chi connectivity index (χ0n) is 13.3. The molecule has 1 heterocycles. The molecule has 0 spiro atoms. The Hall–Kier alpha value is -2.41. The van der Waals surface area contributed by atoms with Crippen LogP contribution in [0.3, 0.4) is 0 Å². The second kappa shape index (κ2) is 7.00. The van der Waals surface area contributed by atoms with E-state index in [-0.39, 0.29) is 4.90 Å². The van der Waals surface area contributed by atoms with Crippen LogP contribution in [0.4, 0.5) is 5.69 Å². The molecule has 0 atom stereocenters. The highest BCUT2D eigenvalue weighted by molar-refractivity contribution is 7.92. The lowest BCUT2D eigenvalue weighted by Gasteiger charge is -2.19. The summed E-state index contributed by atoms with van der Waals surface area (Å²) in [5, 5.41) is 0. The fourth-order valence-corrected chi connectivity index (χ4v) is 3.31. The van der Waals surface area contributed by atoms with Gasteiger partial charge in [-0.25, -0.2) is 8.42 Å². The molecule has 1 aliphatic rings. The number of hydrogen-bond donors (Lipinski definition) is 1. The fraction of sp³-hybridized carbons (Fsp3) is 0.294. The molecule has 2 aromatic carbocycles. The van der Waals surface area contributed by atoms with E-state index in [4.69, 9.17) is 14.2 Å². The summed E-state index contributed by atoms with van der Waals surface area (Å²) in [5.41, 5.74) is 0.422. The van der Waals surface area contributed by atoms with Gasteiger partial charge >= 0.3 is 0 Å². The first kappa shape index (κ1) is 16.4. The van der Waals surface area contributed by atoms with Crippen molar-refractivity contribution in [3.63, 3.8) is 0 Å². The van der Waals surface area contributed by atoms with Crippen molar-refractivity contribution in [1.82, 2.24) is 0 Å². The number of fused-ring (bicyclic) bond motifs is 1. The Morgan fingerprint density at radius 2 is 1.75 bits per heavy atom. The minimum absolute atomic E-state index is 0.168. The summed E-state index contributed by atoms with van der Waals surface area (Å²) in [5.74, 6) is 1.79. The molecule has 6 nitrogen and oxygen atoms in total. The van der Waals surface area contributed by atoms with E-state index >= 15 is 0 Å². The Kier molecular flexibility index (Phi) is 4.80. The summed E-state index contributed by atoms with van der Waals surface area (Å²) in [4.78, 5) is 0.168. The first-order valence-corrected chi connectivity index (χ1v) is 9.22. The van der Waals surface area contributed by atoms with Gasteiger partial charge in [0.1, 0.15) is 19.0 Å². The molecule has 0 saturated heterocycles. The molecule has 0 saturated carbocycles. The molecule has 0 aliphatic carbocycles. The molecule has 2 aromatic rings. The number of sulfonamides is 1. The van der Waals surface area contributed by atoms with Crippen molar-refractivity contribution in [3.8, 4) is 17.2 Å². The van der Waals surface area contributed by atoms with Gasteiger partial charge in [-0.15, -0.1) is 0 Å². The zero-order valence-corrected chi connectivity index (χ0v) is 14.1. The highest BCUT2D eigenvalue weighted by Crippen LogP contribution is 2.33. The molecule has 7 heteroatoms. The Balaban J connectivity index is 1.76. The Morgan fingerprint density at radius 3 is 2.46 bits per heavy atom. The molecular formula is C17H19NO5S. The van der Waals surface area contributed by atoms with E-state index in [0.29, 0.717) is 42.8 Å². The van der Waals surface area contributed by atoms with Gasteiger partial charge in [0.05, 0.1) is 17.2 Å². The molecule has 1 N–H and O–H groups in total. The number of nitrogens with one attached hydrogen (secondary N) is 1. The average molecular weight is 349 g/mol. The molecule has 0 bridgehead atoms. The van der Waals surface area contributed by atoms with Crippen LogP contribution >= 0.6 is 0 Å². The van der Waals surface area contributed by atoms with Crippen LogP contribution in [0, 0.1) is 0 Å². The van der Waals surface area contributed by atoms with Gasteiger partial charge in [-0.2, -0.15) is 0 Å². The third-order valence-electron chi connectivity index (χ3n) is 3.40. The summed E-state index contributed by atoms with van der Waals surface area (Å²) in [6.07, 6.45) is 0.895. The van der Waals surface area contributed by atoms with Crippen molar-refractivity contribution in [1.29, 1.82) is 0 Å². The van der Waals surface area contributed by atoms with Crippen LogP contribution in [0.5, 0.6) is 17.2 Å².